The number of rotatable bonds is 4. The van der Waals surface area contributed by atoms with Gasteiger partial charge in [0.25, 0.3) is 0 Å². The Labute approximate surface area is 108 Å². The van der Waals surface area contributed by atoms with Gasteiger partial charge in [0.1, 0.15) is 0 Å². The lowest BCUT2D eigenvalue weighted by Crippen LogP contribution is -2.45. The van der Waals surface area contributed by atoms with Gasteiger partial charge in [-0.1, -0.05) is 12.8 Å². The van der Waals surface area contributed by atoms with Crippen molar-refractivity contribution in [3.63, 3.8) is 0 Å². The van der Waals surface area contributed by atoms with Gasteiger partial charge >= 0.3 is 0 Å². The maximum absolute atomic E-state index is 12.0. The van der Waals surface area contributed by atoms with Gasteiger partial charge in [-0.05, 0) is 45.8 Å². The normalized spacial score (nSPS) is 20.5. The minimum absolute atomic E-state index is 0.00914. The van der Waals surface area contributed by atoms with Crippen molar-refractivity contribution in [1.82, 2.24) is 4.72 Å². The van der Waals surface area contributed by atoms with Crippen molar-refractivity contribution in [2.24, 2.45) is 5.41 Å². The van der Waals surface area contributed by atoms with E-state index >= 15 is 0 Å². The third-order valence-electron chi connectivity index (χ3n) is 3.76. The van der Waals surface area contributed by atoms with Crippen molar-refractivity contribution < 1.29 is 8.42 Å². The number of hydrogen-bond donors (Lipinski definition) is 1. The van der Waals surface area contributed by atoms with Crippen LogP contribution in [-0.2, 0) is 10.0 Å². The van der Waals surface area contributed by atoms with Crippen molar-refractivity contribution in [3.8, 4) is 0 Å². The molecule has 100 valence electrons. The Balaban J connectivity index is 2.76. The zero-order valence-electron chi connectivity index (χ0n) is 11.3. The van der Waals surface area contributed by atoms with Gasteiger partial charge in [-0.3, -0.25) is 0 Å². The molecule has 0 unspecified atom stereocenters. The highest BCUT2D eigenvalue weighted by Crippen LogP contribution is 2.39. The molecule has 1 saturated carbocycles. The fourth-order valence-electron chi connectivity index (χ4n) is 2.19. The second kappa shape index (κ2) is 4.99. The molecule has 0 amide bonds. The van der Waals surface area contributed by atoms with E-state index in [9.17, 15) is 8.42 Å². The molecule has 1 aliphatic carbocycles. The van der Waals surface area contributed by atoms with Crippen LogP contribution in [0.4, 0.5) is 0 Å². The molecule has 0 aliphatic heterocycles. The molecular formula is C12H24NO2PS. The zero-order chi connectivity index (χ0) is 13.3. The van der Waals surface area contributed by atoms with Gasteiger partial charge in [0.15, 0.2) is 0 Å². The fourth-order valence-corrected chi connectivity index (χ4v) is 3.42. The molecule has 1 fully saturated rings. The largest absolute Gasteiger partial charge is 0.216 e. The van der Waals surface area contributed by atoms with Crippen molar-refractivity contribution in [1.29, 1.82) is 0 Å². The summed E-state index contributed by atoms with van der Waals surface area (Å²) in [6, 6.07) is 0. The van der Waals surface area contributed by atoms with Crippen LogP contribution in [0.15, 0.2) is 0 Å². The van der Waals surface area contributed by atoms with E-state index in [1.54, 1.807) is 20.8 Å². The molecule has 0 aromatic rings. The summed E-state index contributed by atoms with van der Waals surface area (Å²) in [7, 11) is 0.370. The first-order valence-electron chi connectivity index (χ1n) is 6.16. The molecule has 0 radical (unpaired) electrons. The van der Waals surface area contributed by atoms with Crippen LogP contribution in [0.1, 0.15) is 53.4 Å². The van der Waals surface area contributed by atoms with Crippen LogP contribution >= 0.6 is 8.86 Å². The van der Waals surface area contributed by atoms with E-state index in [4.69, 9.17) is 0 Å². The van der Waals surface area contributed by atoms with E-state index in [1.165, 1.54) is 12.8 Å². The Kier molecular flexibility index (Phi) is 4.44. The van der Waals surface area contributed by atoms with E-state index in [-0.39, 0.29) is 5.41 Å². The smallest absolute Gasteiger partial charge is 0.214 e. The van der Waals surface area contributed by atoms with E-state index in [0.717, 1.165) is 18.1 Å². The third kappa shape index (κ3) is 3.30. The van der Waals surface area contributed by atoms with Crippen LogP contribution in [-0.4, -0.2) is 25.0 Å². The Morgan fingerprint density at radius 3 is 2.12 bits per heavy atom. The van der Waals surface area contributed by atoms with Gasteiger partial charge in [0, 0.05) is 12.0 Å². The highest BCUT2D eigenvalue weighted by atomic mass is 32.2. The molecular weight excluding hydrogens is 253 g/mol. The lowest BCUT2D eigenvalue weighted by molar-refractivity contribution is 0.426. The van der Waals surface area contributed by atoms with Gasteiger partial charge in [-0.25, -0.2) is 13.1 Å². The summed E-state index contributed by atoms with van der Waals surface area (Å²) in [4.78, 5) is 0. The van der Waals surface area contributed by atoms with Crippen LogP contribution < -0.4 is 4.72 Å². The van der Waals surface area contributed by atoms with Gasteiger partial charge in [-0.15, -0.1) is 8.86 Å². The summed E-state index contributed by atoms with van der Waals surface area (Å²) in [6.45, 7) is 7.72. The molecule has 0 atom stereocenters. The molecule has 1 aliphatic rings. The van der Waals surface area contributed by atoms with Gasteiger partial charge < -0.3 is 0 Å². The summed E-state index contributed by atoms with van der Waals surface area (Å²) in [5.41, 5.74) is 0.00914. The van der Waals surface area contributed by atoms with Crippen molar-refractivity contribution in [3.05, 3.63) is 0 Å². The molecule has 17 heavy (non-hydrogen) atoms. The maximum atomic E-state index is 12.0. The summed E-state index contributed by atoms with van der Waals surface area (Å²) >= 11 is 0. The van der Waals surface area contributed by atoms with Gasteiger partial charge in [-0.2, -0.15) is 0 Å². The van der Waals surface area contributed by atoms with Crippen LogP contribution in [0, 0.1) is 5.41 Å². The molecule has 0 bridgehead atoms. The minimum atomic E-state index is -3.24. The SMILES string of the molecule is CC(=P)C1(CNS(=O)(=O)C(C)(C)C)CCCC1. The van der Waals surface area contributed by atoms with E-state index in [2.05, 4.69) is 13.6 Å². The number of hydrogen-bond acceptors (Lipinski definition) is 2. The quantitative estimate of drug-likeness (QED) is 0.803. The first kappa shape index (κ1) is 15.1. The van der Waals surface area contributed by atoms with E-state index in [0.29, 0.717) is 6.54 Å². The number of nitrogens with one attached hydrogen (secondary N) is 1. The predicted molar refractivity (Wildman–Crippen MR) is 76.6 cm³/mol. The summed E-state index contributed by atoms with van der Waals surface area (Å²) in [5.74, 6) is 0. The molecule has 5 heteroatoms. The molecule has 3 nitrogen and oxygen atoms in total. The number of sulfonamides is 1. The van der Waals surface area contributed by atoms with Crippen molar-refractivity contribution in [2.45, 2.75) is 58.1 Å². The Hall–Kier alpha value is 0.0800. The van der Waals surface area contributed by atoms with E-state index < -0.39 is 14.8 Å². The molecule has 0 aromatic heterocycles. The molecule has 1 rings (SSSR count). The Bertz CT molecular complexity index is 389. The monoisotopic (exact) mass is 277 g/mol. The first-order valence-corrected chi connectivity index (χ1v) is 8.14. The average Bonchev–Trinajstić information content (AvgIpc) is 2.62. The van der Waals surface area contributed by atoms with Gasteiger partial charge in [0.2, 0.25) is 10.0 Å². The summed E-state index contributed by atoms with van der Waals surface area (Å²) in [6.07, 6.45) is 4.49. The van der Waals surface area contributed by atoms with Gasteiger partial charge in [0.05, 0.1) is 4.75 Å². The minimum Gasteiger partial charge on any atom is -0.214 e. The zero-order valence-corrected chi connectivity index (χ0v) is 13.1. The maximum Gasteiger partial charge on any atom is 0.216 e. The molecule has 0 spiro atoms. The predicted octanol–water partition coefficient (Wildman–Crippen LogP) is 2.60. The Morgan fingerprint density at radius 1 is 1.29 bits per heavy atom. The molecule has 0 aromatic carbocycles. The highest BCUT2D eigenvalue weighted by molar-refractivity contribution is 7.90. The second-order valence-corrected chi connectivity index (χ2v) is 9.32. The van der Waals surface area contributed by atoms with E-state index in [1.807, 2.05) is 6.92 Å². The van der Waals surface area contributed by atoms with Crippen LogP contribution in [0.5, 0.6) is 0 Å². The fraction of sp³-hybridized carbons (Fsp3) is 0.917. The standard InChI is InChI=1S/C12H24NO2PS/c1-10(16)12(7-5-6-8-12)9-13-17(14,15)11(2,3)4/h13,16H,5-9H2,1-4H3. The molecule has 0 saturated heterocycles. The highest BCUT2D eigenvalue weighted by Gasteiger charge is 2.38. The average molecular weight is 277 g/mol. The lowest BCUT2D eigenvalue weighted by atomic mass is 9.83. The lowest BCUT2D eigenvalue weighted by Gasteiger charge is -2.31. The summed E-state index contributed by atoms with van der Waals surface area (Å²) < 4.78 is 26.1. The van der Waals surface area contributed by atoms with Crippen LogP contribution in [0.2, 0.25) is 0 Å². The Morgan fingerprint density at radius 2 is 1.76 bits per heavy atom. The van der Waals surface area contributed by atoms with Crippen LogP contribution in [0.25, 0.3) is 0 Å². The van der Waals surface area contributed by atoms with Crippen molar-refractivity contribution >= 4 is 24.2 Å². The molecule has 1 N–H and O–H groups in total. The van der Waals surface area contributed by atoms with Crippen molar-refractivity contribution in [2.75, 3.05) is 6.54 Å². The topological polar surface area (TPSA) is 46.2 Å². The van der Waals surface area contributed by atoms with Crippen LogP contribution in [0.3, 0.4) is 0 Å². The second-order valence-electron chi connectivity index (χ2n) is 6.05. The summed E-state index contributed by atoms with van der Waals surface area (Å²) in [5, 5.41) is 1.16. The third-order valence-corrected chi connectivity index (χ3v) is 6.43. The molecule has 0 heterocycles. The first-order chi connectivity index (χ1) is 7.61.